The maximum Gasteiger partial charge on any atom is 0.303 e. The lowest BCUT2D eigenvalue weighted by molar-refractivity contribution is -0.245. The molecule has 59 heavy (non-hydrogen) atoms. The molecule has 11 aliphatic rings. The second-order valence-corrected chi connectivity index (χ2v) is 21.9. The molecule has 11 aliphatic carbocycles. The predicted molar refractivity (Wildman–Crippen MR) is 215 cm³/mol. The monoisotopic (exact) mass is 814 g/mol. The van der Waals surface area contributed by atoms with Gasteiger partial charge in [0.1, 0.15) is 29.2 Å². The van der Waals surface area contributed by atoms with E-state index in [1.807, 2.05) is 7.11 Å². The maximum absolute atomic E-state index is 15.6. The lowest BCUT2D eigenvalue weighted by Crippen LogP contribution is -2.71. The fourth-order valence-electron chi connectivity index (χ4n) is 18.7. The van der Waals surface area contributed by atoms with Crippen molar-refractivity contribution in [2.24, 2.45) is 69.5 Å². The van der Waals surface area contributed by atoms with Crippen LogP contribution in [0, 0.1) is 69.5 Å². The molecule has 0 aromatic carbocycles. The Morgan fingerprint density at radius 2 is 1.27 bits per heavy atom. The Morgan fingerprint density at radius 1 is 0.661 bits per heavy atom. The Hall–Kier alpha value is -3.01. The van der Waals surface area contributed by atoms with E-state index in [4.69, 9.17) is 23.7 Å². The maximum atomic E-state index is 15.6. The zero-order chi connectivity index (χ0) is 41.7. The number of carbonyl (C=O) groups excluding carboxylic acids is 5. The SMILES string of the molecule is COC12CC(=O)C3(C(CC4CC5CC=C6CC(OC(C)=O)CCC6(OC(C)=O)C5CC43C)C1)C1CC3C4CC=C5CC(OC(C)=O)CCC5(OC(C)=O)C4CCC3(C)C12. The second kappa shape index (κ2) is 13.2. The smallest absolute Gasteiger partial charge is 0.303 e. The second-order valence-electron chi connectivity index (χ2n) is 21.9. The summed E-state index contributed by atoms with van der Waals surface area (Å²) >= 11 is 0. The zero-order valence-electron chi connectivity index (χ0n) is 36.4. The molecule has 0 heterocycles. The van der Waals surface area contributed by atoms with Gasteiger partial charge in [0.2, 0.25) is 0 Å². The van der Waals surface area contributed by atoms with Crippen LogP contribution in [-0.4, -0.2) is 65.8 Å². The summed E-state index contributed by atoms with van der Waals surface area (Å²) < 4.78 is 31.4. The summed E-state index contributed by atoms with van der Waals surface area (Å²) in [5.41, 5.74) is -0.488. The number of allylic oxidation sites excluding steroid dienone is 2. The first-order chi connectivity index (χ1) is 28.0. The average molecular weight is 815 g/mol. The molecule has 17 atom stereocenters. The van der Waals surface area contributed by atoms with Crippen molar-refractivity contribution in [2.75, 3.05) is 7.11 Å². The van der Waals surface area contributed by atoms with Gasteiger partial charge in [-0.25, -0.2) is 0 Å². The minimum atomic E-state index is -0.745. The molecule has 17 unspecified atom stereocenters. The summed E-state index contributed by atoms with van der Waals surface area (Å²) in [6, 6.07) is 0. The highest BCUT2D eigenvalue weighted by Crippen LogP contribution is 2.84. The van der Waals surface area contributed by atoms with E-state index in [2.05, 4.69) is 26.0 Å². The van der Waals surface area contributed by atoms with Crippen LogP contribution in [0.15, 0.2) is 23.3 Å². The molecule has 0 amide bonds. The quantitative estimate of drug-likeness (QED) is 0.152. The van der Waals surface area contributed by atoms with E-state index in [0.717, 1.165) is 68.9 Å². The minimum absolute atomic E-state index is 0.0430. The van der Waals surface area contributed by atoms with Gasteiger partial charge in [-0.15, -0.1) is 0 Å². The van der Waals surface area contributed by atoms with Crippen molar-refractivity contribution in [1.82, 2.24) is 0 Å². The van der Waals surface area contributed by atoms with E-state index >= 15 is 4.79 Å². The standard InChI is InChI=1S/C49H66O10/c1-26(50)56-35-12-16-47(58-28(3)52)32(21-35)10-11-37-38(47)14-15-44(5)39(37)22-40-43(44)46(55-7)23-34-19-33-18-30-8-9-31-20-36(57-27(2)51)13-17-48(31,59-29(4)53)41(30)24-45(33,6)49(34,40)42(54)25-46/h9-10,30,33-41,43H,8,11-25H2,1-7H3. The Morgan fingerprint density at radius 3 is 1.86 bits per heavy atom. The lowest BCUT2D eigenvalue weighted by atomic mass is 9.36. The van der Waals surface area contributed by atoms with Gasteiger partial charge >= 0.3 is 23.9 Å². The number of ether oxygens (including phenoxy) is 5. The molecule has 11 rings (SSSR count). The van der Waals surface area contributed by atoms with Gasteiger partial charge in [0, 0.05) is 71.3 Å². The summed E-state index contributed by atoms with van der Waals surface area (Å²) in [6.45, 7) is 11.0. The number of methoxy groups -OCH3 is 1. The minimum Gasteiger partial charge on any atom is -0.462 e. The van der Waals surface area contributed by atoms with Crippen LogP contribution in [0.25, 0.3) is 0 Å². The van der Waals surface area contributed by atoms with Crippen LogP contribution in [0.2, 0.25) is 0 Å². The van der Waals surface area contributed by atoms with Crippen molar-refractivity contribution < 1.29 is 47.7 Å². The number of ketones is 1. The first kappa shape index (κ1) is 40.1. The molecule has 9 saturated carbocycles. The van der Waals surface area contributed by atoms with Crippen LogP contribution in [0.4, 0.5) is 0 Å². The fraction of sp³-hybridized carbons (Fsp3) is 0.816. The van der Waals surface area contributed by atoms with Gasteiger partial charge in [0.25, 0.3) is 0 Å². The molecule has 0 radical (unpaired) electrons. The van der Waals surface area contributed by atoms with E-state index in [1.54, 1.807) is 0 Å². The highest BCUT2D eigenvalue weighted by atomic mass is 16.6. The van der Waals surface area contributed by atoms with Crippen LogP contribution >= 0.6 is 0 Å². The number of carbonyl (C=O) groups is 5. The number of hydrogen-bond donors (Lipinski definition) is 0. The van der Waals surface area contributed by atoms with Gasteiger partial charge in [-0.3, -0.25) is 24.0 Å². The number of hydrogen-bond acceptors (Lipinski definition) is 10. The molecule has 0 aliphatic heterocycles. The van der Waals surface area contributed by atoms with E-state index in [-0.39, 0.29) is 76.5 Å². The summed E-state index contributed by atoms with van der Waals surface area (Å²) in [5.74, 6) is 1.67. The fourth-order valence-corrected chi connectivity index (χ4v) is 18.7. The average Bonchev–Trinajstić information content (AvgIpc) is 3.63. The normalized spacial score (nSPS) is 51.0. The Labute approximate surface area is 349 Å². The van der Waals surface area contributed by atoms with Crippen molar-refractivity contribution in [2.45, 2.75) is 173 Å². The highest BCUT2D eigenvalue weighted by Gasteiger charge is 2.83. The van der Waals surface area contributed by atoms with Crippen molar-refractivity contribution in [3.05, 3.63) is 23.3 Å². The van der Waals surface area contributed by atoms with E-state index in [1.165, 1.54) is 27.7 Å². The molecule has 0 N–H and O–H groups in total. The molecule has 0 saturated heterocycles. The summed E-state index contributed by atoms with van der Waals surface area (Å²) in [6.07, 6.45) is 17.1. The van der Waals surface area contributed by atoms with Crippen molar-refractivity contribution >= 4 is 29.7 Å². The molecule has 2 bridgehead atoms. The summed E-state index contributed by atoms with van der Waals surface area (Å²) in [5, 5.41) is 0. The van der Waals surface area contributed by atoms with Crippen LogP contribution in [0.1, 0.15) is 144 Å². The van der Waals surface area contributed by atoms with Crippen LogP contribution in [0.3, 0.4) is 0 Å². The van der Waals surface area contributed by atoms with E-state index < -0.39 is 22.2 Å². The van der Waals surface area contributed by atoms with Crippen molar-refractivity contribution in [1.29, 1.82) is 0 Å². The van der Waals surface area contributed by atoms with Crippen molar-refractivity contribution in [3.63, 3.8) is 0 Å². The van der Waals surface area contributed by atoms with Gasteiger partial charge < -0.3 is 23.7 Å². The zero-order valence-corrected chi connectivity index (χ0v) is 36.4. The third kappa shape index (κ3) is 5.22. The molecule has 1 spiro atoms. The Bertz CT molecular complexity index is 1930. The predicted octanol–water partition coefficient (Wildman–Crippen LogP) is 8.18. The molecular formula is C49H66O10. The van der Waals surface area contributed by atoms with Crippen molar-refractivity contribution in [3.8, 4) is 0 Å². The number of esters is 4. The van der Waals surface area contributed by atoms with Gasteiger partial charge in [-0.2, -0.15) is 0 Å². The largest absolute Gasteiger partial charge is 0.462 e. The van der Waals surface area contributed by atoms with E-state index in [0.29, 0.717) is 74.4 Å². The van der Waals surface area contributed by atoms with Gasteiger partial charge in [-0.1, -0.05) is 26.0 Å². The highest BCUT2D eigenvalue weighted by molar-refractivity contribution is 5.90. The Kier molecular flexibility index (Phi) is 9.00. The third-order valence-electron chi connectivity index (χ3n) is 19.9. The molecule has 10 nitrogen and oxygen atoms in total. The van der Waals surface area contributed by atoms with Gasteiger partial charge in [0.05, 0.1) is 5.60 Å². The molecular weight excluding hydrogens is 749 g/mol. The van der Waals surface area contributed by atoms with Crippen LogP contribution in [0.5, 0.6) is 0 Å². The third-order valence-corrected chi connectivity index (χ3v) is 19.9. The van der Waals surface area contributed by atoms with Gasteiger partial charge in [-0.05, 0) is 147 Å². The molecule has 0 aromatic rings. The lowest BCUT2D eigenvalue weighted by Gasteiger charge is -2.69. The summed E-state index contributed by atoms with van der Waals surface area (Å²) in [4.78, 5) is 65.7. The molecule has 0 aromatic heterocycles. The number of fused-ring (bicyclic) bond motifs is 10. The Balaban J connectivity index is 1.03. The first-order valence-electron chi connectivity index (χ1n) is 23.2. The molecule has 9 fully saturated rings. The number of rotatable bonds is 5. The summed E-state index contributed by atoms with van der Waals surface area (Å²) in [7, 11) is 1.87. The van der Waals surface area contributed by atoms with E-state index in [9.17, 15) is 19.2 Å². The van der Waals surface area contributed by atoms with Crippen LogP contribution in [-0.2, 0) is 47.7 Å². The topological polar surface area (TPSA) is 132 Å². The molecule has 322 valence electrons. The van der Waals surface area contributed by atoms with Gasteiger partial charge in [0.15, 0.2) is 0 Å². The molecule has 10 heteroatoms. The first-order valence-corrected chi connectivity index (χ1v) is 23.2. The number of Topliss-reactive ketones (excluding diaryl/α,β-unsaturated/α-hetero) is 1. The van der Waals surface area contributed by atoms with Crippen LogP contribution < -0.4 is 0 Å².